The van der Waals surface area contributed by atoms with Crippen LogP contribution in [0.2, 0.25) is 0 Å². The number of nitro groups is 1. The van der Waals surface area contributed by atoms with Crippen LogP contribution in [0.3, 0.4) is 0 Å². The van der Waals surface area contributed by atoms with Gasteiger partial charge in [0.05, 0.1) is 17.1 Å². The van der Waals surface area contributed by atoms with Crippen molar-refractivity contribution in [1.29, 1.82) is 0 Å². The standard InChI is InChI=1S/C10H9F2NO5/c1-10(2,9(14)15)18-8-6(11)3-5(13(16)17)4-7(8)12/h3-4H,1-2H3,(H,14,15). The van der Waals surface area contributed by atoms with Crippen LogP contribution in [0.4, 0.5) is 14.5 Å². The van der Waals surface area contributed by atoms with Gasteiger partial charge >= 0.3 is 5.97 Å². The Morgan fingerprint density at radius 2 is 1.83 bits per heavy atom. The first-order chi connectivity index (χ1) is 8.15. The molecule has 0 aliphatic carbocycles. The fourth-order valence-electron chi connectivity index (χ4n) is 1.05. The normalized spacial score (nSPS) is 11.1. The monoisotopic (exact) mass is 261 g/mol. The van der Waals surface area contributed by atoms with Crippen molar-refractivity contribution in [3.05, 3.63) is 33.9 Å². The molecule has 1 N–H and O–H groups in total. The van der Waals surface area contributed by atoms with E-state index in [9.17, 15) is 23.7 Å². The summed E-state index contributed by atoms with van der Waals surface area (Å²) in [5, 5.41) is 19.1. The molecule has 0 saturated carbocycles. The van der Waals surface area contributed by atoms with Crippen molar-refractivity contribution in [2.45, 2.75) is 19.4 Å². The zero-order valence-electron chi connectivity index (χ0n) is 9.44. The van der Waals surface area contributed by atoms with Crippen molar-refractivity contribution in [2.75, 3.05) is 0 Å². The number of nitrogens with zero attached hydrogens (tertiary/aromatic N) is 1. The maximum Gasteiger partial charge on any atom is 0.347 e. The quantitative estimate of drug-likeness (QED) is 0.662. The zero-order chi connectivity index (χ0) is 14.1. The first-order valence-corrected chi connectivity index (χ1v) is 4.71. The van der Waals surface area contributed by atoms with Gasteiger partial charge in [0, 0.05) is 0 Å². The van der Waals surface area contributed by atoms with Crippen LogP contribution in [0, 0.1) is 21.7 Å². The van der Waals surface area contributed by atoms with Gasteiger partial charge in [0.2, 0.25) is 0 Å². The highest BCUT2D eigenvalue weighted by molar-refractivity contribution is 5.76. The van der Waals surface area contributed by atoms with Crippen LogP contribution >= 0.6 is 0 Å². The second kappa shape index (κ2) is 4.55. The SMILES string of the molecule is CC(C)(Oc1c(F)cc([N+](=O)[O-])cc1F)C(=O)O. The minimum absolute atomic E-state index is 0.455. The lowest BCUT2D eigenvalue weighted by molar-refractivity contribution is -0.385. The Morgan fingerprint density at radius 1 is 1.39 bits per heavy atom. The first kappa shape index (κ1) is 13.8. The molecule has 0 aliphatic rings. The molecule has 0 atom stereocenters. The number of nitro benzene ring substituents is 1. The Labute approximate surface area is 99.9 Å². The largest absolute Gasteiger partial charge is 0.478 e. The third-order valence-corrected chi connectivity index (χ3v) is 2.07. The smallest absolute Gasteiger partial charge is 0.347 e. The highest BCUT2D eigenvalue weighted by atomic mass is 19.1. The number of carboxylic acids is 1. The van der Waals surface area contributed by atoms with Gasteiger partial charge in [-0.15, -0.1) is 0 Å². The maximum absolute atomic E-state index is 13.4. The number of halogens is 2. The molecule has 6 nitrogen and oxygen atoms in total. The summed E-state index contributed by atoms with van der Waals surface area (Å²) in [5.41, 5.74) is -2.65. The van der Waals surface area contributed by atoms with Gasteiger partial charge < -0.3 is 9.84 Å². The summed E-state index contributed by atoms with van der Waals surface area (Å²) < 4.78 is 31.5. The molecule has 0 unspecified atom stereocenters. The molecule has 98 valence electrons. The molecule has 0 fully saturated rings. The van der Waals surface area contributed by atoms with E-state index in [4.69, 9.17) is 5.11 Å². The lowest BCUT2D eigenvalue weighted by atomic mass is 10.1. The third kappa shape index (κ3) is 2.70. The number of ether oxygens (including phenoxy) is 1. The second-order valence-corrected chi connectivity index (χ2v) is 3.91. The van der Waals surface area contributed by atoms with E-state index in [1.54, 1.807) is 0 Å². The van der Waals surface area contributed by atoms with Crippen molar-refractivity contribution < 1.29 is 28.3 Å². The summed E-state index contributed by atoms with van der Waals surface area (Å²) in [7, 11) is 0. The number of non-ortho nitro benzene ring substituents is 1. The molecule has 0 bridgehead atoms. The number of aliphatic carboxylic acids is 1. The first-order valence-electron chi connectivity index (χ1n) is 4.71. The third-order valence-electron chi connectivity index (χ3n) is 2.07. The topological polar surface area (TPSA) is 89.7 Å². The van der Waals surface area contributed by atoms with Crippen LogP contribution in [-0.4, -0.2) is 21.6 Å². The van der Waals surface area contributed by atoms with E-state index in [2.05, 4.69) is 4.74 Å². The van der Waals surface area contributed by atoms with Crippen molar-refractivity contribution in [2.24, 2.45) is 0 Å². The van der Waals surface area contributed by atoms with Gasteiger partial charge in [0.15, 0.2) is 23.0 Å². The fraction of sp³-hybridized carbons (Fsp3) is 0.300. The lowest BCUT2D eigenvalue weighted by Crippen LogP contribution is -2.38. The minimum Gasteiger partial charge on any atom is -0.478 e. The van der Waals surface area contributed by atoms with Gasteiger partial charge in [0.25, 0.3) is 5.69 Å². The molecule has 0 spiro atoms. The van der Waals surface area contributed by atoms with Gasteiger partial charge in [-0.2, -0.15) is 0 Å². The van der Waals surface area contributed by atoms with Crippen molar-refractivity contribution in [3.63, 3.8) is 0 Å². The Bertz CT molecular complexity index is 492. The van der Waals surface area contributed by atoms with Gasteiger partial charge in [-0.3, -0.25) is 10.1 Å². The molecule has 0 aliphatic heterocycles. The van der Waals surface area contributed by atoms with Gasteiger partial charge in [-0.25, -0.2) is 13.6 Å². The van der Waals surface area contributed by atoms with Crippen LogP contribution in [0.5, 0.6) is 5.75 Å². The van der Waals surface area contributed by atoms with Gasteiger partial charge in [-0.05, 0) is 13.8 Å². The molecule has 0 heterocycles. The molecule has 1 aromatic rings. The number of rotatable bonds is 4. The molecule has 8 heteroatoms. The van der Waals surface area contributed by atoms with E-state index in [0.29, 0.717) is 12.1 Å². The van der Waals surface area contributed by atoms with E-state index >= 15 is 0 Å². The highest BCUT2D eigenvalue weighted by Crippen LogP contribution is 2.29. The Kier molecular flexibility index (Phi) is 3.49. The number of hydrogen-bond acceptors (Lipinski definition) is 4. The number of carboxylic acid groups (broad SMARTS) is 1. The summed E-state index contributed by atoms with van der Waals surface area (Å²) in [6.07, 6.45) is 0. The Morgan fingerprint density at radius 3 is 2.17 bits per heavy atom. The predicted octanol–water partition coefficient (Wildman–Crippen LogP) is 2.11. The fourth-order valence-corrected chi connectivity index (χ4v) is 1.05. The van der Waals surface area contributed by atoms with E-state index < -0.39 is 39.6 Å². The molecule has 0 radical (unpaired) electrons. The van der Waals surface area contributed by atoms with E-state index in [1.165, 1.54) is 0 Å². The van der Waals surface area contributed by atoms with Crippen molar-refractivity contribution in [3.8, 4) is 5.75 Å². The van der Waals surface area contributed by atoms with Crippen LogP contribution in [0.25, 0.3) is 0 Å². The summed E-state index contributed by atoms with van der Waals surface area (Å²) >= 11 is 0. The summed E-state index contributed by atoms with van der Waals surface area (Å²) in [6.45, 7) is 2.19. The van der Waals surface area contributed by atoms with E-state index in [-0.39, 0.29) is 0 Å². The molecular weight excluding hydrogens is 252 g/mol. The van der Waals surface area contributed by atoms with Crippen LogP contribution in [-0.2, 0) is 4.79 Å². The maximum atomic E-state index is 13.4. The molecule has 1 rings (SSSR count). The average molecular weight is 261 g/mol. The average Bonchev–Trinajstić information content (AvgIpc) is 2.22. The van der Waals surface area contributed by atoms with Crippen LogP contribution in [0.15, 0.2) is 12.1 Å². The van der Waals surface area contributed by atoms with Gasteiger partial charge in [-0.1, -0.05) is 0 Å². The predicted molar refractivity (Wildman–Crippen MR) is 55.4 cm³/mol. The molecular formula is C10H9F2NO5. The highest BCUT2D eigenvalue weighted by Gasteiger charge is 2.32. The summed E-state index contributed by atoms with van der Waals surface area (Å²) in [4.78, 5) is 20.1. The lowest BCUT2D eigenvalue weighted by Gasteiger charge is -2.21. The number of benzene rings is 1. The van der Waals surface area contributed by atoms with E-state index in [0.717, 1.165) is 13.8 Å². The number of carbonyl (C=O) groups is 1. The molecule has 1 aromatic carbocycles. The molecule has 0 aromatic heterocycles. The van der Waals surface area contributed by atoms with Crippen molar-refractivity contribution in [1.82, 2.24) is 0 Å². The summed E-state index contributed by atoms with van der Waals surface area (Å²) in [6, 6.07) is 0.909. The number of hydrogen-bond donors (Lipinski definition) is 1. The Balaban J connectivity index is 3.20. The van der Waals surface area contributed by atoms with Crippen LogP contribution < -0.4 is 4.74 Å². The molecule has 0 amide bonds. The van der Waals surface area contributed by atoms with Crippen LogP contribution in [0.1, 0.15) is 13.8 Å². The minimum atomic E-state index is -1.86. The molecule has 0 saturated heterocycles. The second-order valence-electron chi connectivity index (χ2n) is 3.91. The Hall–Kier alpha value is -2.25. The van der Waals surface area contributed by atoms with Gasteiger partial charge in [0.1, 0.15) is 0 Å². The van der Waals surface area contributed by atoms with E-state index in [1.807, 2.05) is 0 Å². The molecule has 18 heavy (non-hydrogen) atoms. The van der Waals surface area contributed by atoms with Crippen molar-refractivity contribution >= 4 is 11.7 Å². The summed E-state index contributed by atoms with van der Waals surface area (Å²) in [5.74, 6) is -5.07. The zero-order valence-corrected chi connectivity index (χ0v) is 9.44.